The fourth-order valence-corrected chi connectivity index (χ4v) is 3.51. The molecule has 0 saturated heterocycles. The largest absolute Gasteiger partial charge is 0.289 e. The second-order valence-electron chi connectivity index (χ2n) is 5.02. The Kier molecular flexibility index (Phi) is 3.19. The Balaban J connectivity index is 2.34. The van der Waals surface area contributed by atoms with Crippen molar-refractivity contribution in [2.45, 2.75) is 17.7 Å². The predicted octanol–water partition coefficient (Wildman–Crippen LogP) is 4.28. The van der Waals surface area contributed by atoms with Crippen molar-refractivity contribution in [3.05, 3.63) is 70.3 Å². The molecule has 1 aliphatic rings. The normalized spacial score (nSPS) is 20.6. The van der Waals surface area contributed by atoms with Crippen LogP contribution in [0.3, 0.4) is 0 Å². The topological polar surface area (TPSA) is 40.9 Å². The number of aryl methyl sites for hydroxylation is 1. The number of rotatable bonds is 0. The van der Waals surface area contributed by atoms with Gasteiger partial charge in [-0.25, -0.2) is 0 Å². The molecule has 1 aliphatic carbocycles. The van der Waals surface area contributed by atoms with Crippen LogP contribution in [0.5, 0.6) is 0 Å². The van der Waals surface area contributed by atoms with Gasteiger partial charge in [0.25, 0.3) is 0 Å². The van der Waals surface area contributed by atoms with E-state index in [4.69, 9.17) is 0 Å². The summed E-state index contributed by atoms with van der Waals surface area (Å²) in [7, 11) is 0. The Hall–Kier alpha value is -1.92. The van der Waals surface area contributed by atoms with Gasteiger partial charge in [-0.3, -0.25) is 4.79 Å². The van der Waals surface area contributed by atoms with E-state index in [1.807, 2.05) is 49.4 Å². The van der Waals surface area contributed by atoms with Crippen LogP contribution in [0, 0.1) is 18.3 Å². The zero-order chi connectivity index (χ0) is 14.3. The second kappa shape index (κ2) is 4.88. The number of carbonyl (C=O) groups is 1. The summed E-state index contributed by atoms with van der Waals surface area (Å²) < 4.78 is 0. The number of nitrogens with zero attached hydrogens (tertiary/aromatic N) is 1. The number of carbonyl (C=O) groups excluding carboxylic acids is 1. The molecule has 0 N–H and O–H groups in total. The van der Waals surface area contributed by atoms with Crippen molar-refractivity contribution in [2.75, 3.05) is 0 Å². The SMILES string of the molecule is Cc1ccc2c(c1)C(C#N)C(Br)c1ccccc1C2=O. The maximum Gasteiger partial charge on any atom is 0.193 e. The lowest BCUT2D eigenvalue weighted by molar-refractivity contribution is 0.103. The smallest absolute Gasteiger partial charge is 0.193 e. The Morgan fingerprint density at radius 1 is 1.10 bits per heavy atom. The standard InChI is InChI=1S/C17H12BrNO/c1-10-6-7-13-14(8-10)15(9-19)16(18)11-4-2-3-5-12(11)17(13)20/h2-8,15-16H,1H3. The van der Waals surface area contributed by atoms with E-state index >= 15 is 0 Å². The molecular weight excluding hydrogens is 314 g/mol. The first-order valence-corrected chi connectivity index (χ1v) is 7.33. The zero-order valence-corrected chi connectivity index (χ0v) is 12.5. The highest BCUT2D eigenvalue weighted by molar-refractivity contribution is 9.09. The number of hydrogen-bond donors (Lipinski definition) is 0. The van der Waals surface area contributed by atoms with Gasteiger partial charge in [0.1, 0.15) is 0 Å². The van der Waals surface area contributed by atoms with Gasteiger partial charge in [-0.2, -0.15) is 5.26 Å². The van der Waals surface area contributed by atoms with Crippen molar-refractivity contribution in [3.8, 4) is 6.07 Å². The first-order valence-electron chi connectivity index (χ1n) is 6.41. The van der Waals surface area contributed by atoms with Crippen LogP contribution in [-0.2, 0) is 0 Å². The number of alkyl halides is 1. The molecule has 2 atom stereocenters. The van der Waals surface area contributed by atoms with Gasteiger partial charge in [0, 0.05) is 11.1 Å². The van der Waals surface area contributed by atoms with Gasteiger partial charge in [0.15, 0.2) is 5.78 Å². The molecule has 20 heavy (non-hydrogen) atoms. The highest BCUT2D eigenvalue weighted by Gasteiger charge is 2.33. The molecule has 2 aromatic rings. The molecule has 2 aromatic carbocycles. The van der Waals surface area contributed by atoms with Crippen molar-refractivity contribution in [3.63, 3.8) is 0 Å². The summed E-state index contributed by atoms with van der Waals surface area (Å²) in [5.74, 6) is -0.365. The minimum absolute atomic E-state index is 0.00204. The molecule has 0 aromatic heterocycles. The molecule has 0 saturated carbocycles. The summed E-state index contributed by atoms with van der Waals surface area (Å²) >= 11 is 3.61. The first-order chi connectivity index (χ1) is 9.63. The third-order valence-electron chi connectivity index (χ3n) is 3.72. The van der Waals surface area contributed by atoms with Crippen LogP contribution in [0.1, 0.15) is 43.4 Å². The third-order valence-corrected chi connectivity index (χ3v) is 4.74. The number of ketones is 1. The van der Waals surface area contributed by atoms with E-state index in [0.29, 0.717) is 11.1 Å². The molecule has 2 unspecified atom stereocenters. The van der Waals surface area contributed by atoms with E-state index in [2.05, 4.69) is 22.0 Å². The van der Waals surface area contributed by atoms with Gasteiger partial charge in [-0.15, -0.1) is 0 Å². The Labute approximate surface area is 126 Å². The zero-order valence-electron chi connectivity index (χ0n) is 10.9. The van der Waals surface area contributed by atoms with Crippen molar-refractivity contribution in [1.29, 1.82) is 5.26 Å². The number of benzene rings is 2. The van der Waals surface area contributed by atoms with Crippen molar-refractivity contribution in [2.24, 2.45) is 0 Å². The lowest BCUT2D eigenvalue weighted by atomic mass is 9.91. The molecule has 0 aliphatic heterocycles. The van der Waals surface area contributed by atoms with Crippen LogP contribution in [-0.4, -0.2) is 5.78 Å². The van der Waals surface area contributed by atoms with Crippen molar-refractivity contribution < 1.29 is 4.79 Å². The summed E-state index contributed by atoms with van der Waals surface area (Å²) in [6, 6.07) is 15.5. The van der Waals surface area contributed by atoms with Gasteiger partial charge >= 0.3 is 0 Å². The quantitative estimate of drug-likeness (QED) is 0.678. The van der Waals surface area contributed by atoms with Crippen LogP contribution in [0.4, 0.5) is 0 Å². The minimum atomic E-state index is -0.363. The average Bonchev–Trinajstić information content (AvgIpc) is 2.55. The molecule has 3 heteroatoms. The van der Waals surface area contributed by atoms with Crippen LogP contribution < -0.4 is 0 Å². The van der Waals surface area contributed by atoms with E-state index < -0.39 is 0 Å². The van der Waals surface area contributed by atoms with E-state index in [9.17, 15) is 10.1 Å². The molecule has 0 bridgehead atoms. The first kappa shape index (κ1) is 13.1. The van der Waals surface area contributed by atoms with E-state index in [0.717, 1.165) is 16.7 Å². The molecular formula is C17H12BrNO. The minimum Gasteiger partial charge on any atom is -0.289 e. The average molecular weight is 326 g/mol. The molecule has 3 rings (SSSR count). The summed E-state index contributed by atoms with van der Waals surface area (Å²) in [4.78, 5) is 12.5. The monoisotopic (exact) mass is 325 g/mol. The van der Waals surface area contributed by atoms with Gasteiger partial charge in [0.05, 0.1) is 16.8 Å². The van der Waals surface area contributed by atoms with Crippen LogP contribution >= 0.6 is 15.9 Å². The number of fused-ring (bicyclic) bond motifs is 2. The summed E-state index contributed by atoms with van der Waals surface area (Å²) in [5.41, 5.74) is 4.07. The van der Waals surface area contributed by atoms with Crippen molar-refractivity contribution in [1.82, 2.24) is 0 Å². The second-order valence-corrected chi connectivity index (χ2v) is 6.00. The molecule has 0 radical (unpaired) electrons. The maximum absolute atomic E-state index is 12.7. The van der Waals surface area contributed by atoms with Gasteiger partial charge < -0.3 is 0 Å². The molecule has 0 fully saturated rings. The van der Waals surface area contributed by atoms with Gasteiger partial charge in [-0.05, 0) is 18.1 Å². The van der Waals surface area contributed by atoms with E-state index in [1.165, 1.54) is 0 Å². The van der Waals surface area contributed by atoms with Crippen LogP contribution in [0.25, 0.3) is 0 Å². The molecule has 0 spiro atoms. The Morgan fingerprint density at radius 2 is 1.80 bits per heavy atom. The summed E-state index contributed by atoms with van der Waals surface area (Å²) in [6.07, 6.45) is 0. The predicted molar refractivity (Wildman–Crippen MR) is 81.1 cm³/mol. The molecule has 0 amide bonds. The molecule has 2 nitrogen and oxygen atoms in total. The van der Waals surface area contributed by atoms with Gasteiger partial charge in [-0.1, -0.05) is 64.0 Å². The summed E-state index contributed by atoms with van der Waals surface area (Å²) in [6.45, 7) is 1.97. The molecule has 0 heterocycles. The summed E-state index contributed by atoms with van der Waals surface area (Å²) in [5, 5.41) is 9.54. The Morgan fingerprint density at radius 3 is 2.55 bits per heavy atom. The number of halogens is 1. The van der Waals surface area contributed by atoms with E-state index in [1.54, 1.807) is 0 Å². The van der Waals surface area contributed by atoms with E-state index in [-0.39, 0.29) is 16.5 Å². The lowest BCUT2D eigenvalue weighted by Crippen LogP contribution is -2.05. The fourth-order valence-electron chi connectivity index (χ4n) is 2.71. The Bertz CT molecular complexity index is 745. The maximum atomic E-state index is 12.7. The number of hydrogen-bond acceptors (Lipinski definition) is 2. The molecule has 98 valence electrons. The van der Waals surface area contributed by atoms with Crippen LogP contribution in [0.15, 0.2) is 42.5 Å². The highest BCUT2D eigenvalue weighted by Crippen LogP contribution is 2.43. The fraction of sp³-hybridized carbons (Fsp3) is 0.176. The highest BCUT2D eigenvalue weighted by atomic mass is 79.9. The van der Waals surface area contributed by atoms with Crippen molar-refractivity contribution >= 4 is 21.7 Å². The van der Waals surface area contributed by atoms with Crippen LogP contribution in [0.2, 0.25) is 0 Å². The number of nitriles is 1. The lowest BCUT2D eigenvalue weighted by Gasteiger charge is -2.16. The third kappa shape index (κ3) is 1.88. The van der Waals surface area contributed by atoms with Gasteiger partial charge in [0.2, 0.25) is 0 Å².